The van der Waals surface area contributed by atoms with Gasteiger partial charge in [0.25, 0.3) is 0 Å². The van der Waals surface area contributed by atoms with E-state index in [1.807, 2.05) is 36.5 Å². The van der Waals surface area contributed by atoms with Crippen LogP contribution in [-0.4, -0.2) is 10.9 Å². The number of hydrogen-bond donors (Lipinski definition) is 2. The molecule has 0 saturated heterocycles. The summed E-state index contributed by atoms with van der Waals surface area (Å²) in [6.45, 7) is 0. The molecule has 98 valence electrons. The van der Waals surface area contributed by atoms with Crippen LogP contribution in [0.4, 0.5) is 11.4 Å². The van der Waals surface area contributed by atoms with Crippen LogP contribution in [0.15, 0.2) is 60.9 Å². The first-order valence-corrected chi connectivity index (χ1v) is 6.24. The third-order valence-corrected chi connectivity index (χ3v) is 3.09. The maximum atomic E-state index is 11.2. The Balaban J connectivity index is 2.01. The minimum atomic E-state index is -0.440. The molecule has 0 aliphatic carbocycles. The lowest BCUT2D eigenvalue weighted by molar-refractivity contribution is 0.100. The highest BCUT2D eigenvalue weighted by Gasteiger charge is 2.04. The van der Waals surface area contributed by atoms with Gasteiger partial charge in [0.05, 0.1) is 11.9 Å². The van der Waals surface area contributed by atoms with E-state index in [0.717, 1.165) is 22.1 Å². The second kappa shape index (κ2) is 5.01. The van der Waals surface area contributed by atoms with Gasteiger partial charge in [-0.1, -0.05) is 30.3 Å². The Kier molecular flexibility index (Phi) is 3.05. The van der Waals surface area contributed by atoms with Crippen molar-refractivity contribution in [2.45, 2.75) is 0 Å². The predicted molar refractivity (Wildman–Crippen MR) is 80.0 cm³/mol. The summed E-state index contributed by atoms with van der Waals surface area (Å²) in [5.41, 5.74) is 7.46. The van der Waals surface area contributed by atoms with Gasteiger partial charge in [0.1, 0.15) is 0 Å². The van der Waals surface area contributed by atoms with Crippen molar-refractivity contribution < 1.29 is 4.79 Å². The van der Waals surface area contributed by atoms with Crippen molar-refractivity contribution in [3.63, 3.8) is 0 Å². The number of carbonyl (C=O) groups excluding carboxylic acids is 1. The number of primary amides is 1. The topological polar surface area (TPSA) is 68.0 Å². The highest BCUT2D eigenvalue weighted by Crippen LogP contribution is 2.25. The molecule has 1 aromatic heterocycles. The van der Waals surface area contributed by atoms with Gasteiger partial charge in [0, 0.05) is 28.2 Å². The van der Waals surface area contributed by atoms with Crippen molar-refractivity contribution in [1.29, 1.82) is 0 Å². The lowest BCUT2D eigenvalue weighted by Crippen LogP contribution is -2.10. The molecule has 0 unspecified atom stereocenters. The zero-order valence-electron chi connectivity index (χ0n) is 10.7. The SMILES string of the molecule is NC(=O)c1cccc(Nc2cncc3ccccc23)c1. The van der Waals surface area contributed by atoms with E-state index in [2.05, 4.69) is 10.3 Å². The van der Waals surface area contributed by atoms with Gasteiger partial charge in [-0.2, -0.15) is 0 Å². The zero-order valence-corrected chi connectivity index (χ0v) is 10.7. The van der Waals surface area contributed by atoms with Gasteiger partial charge in [-0.3, -0.25) is 9.78 Å². The van der Waals surface area contributed by atoms with Gasteiger partial charge in [-0.05, 0) is 18.2 Å². The molecule has 1 amide bonds. The second-order valence-corrected chi connectivity index (χ2v) is 4.48. The first kappa shape index (κ1) is 12.2. The van der Waals surface area contributed by atoms with Gasteiger partial charge in [-0.25, -0.2) is 0 Å². The number of nitrogens with zero attached hydrogens (tertiary/aromatic N) is 1. The van der Waals surface area contributed by atoms with Crippen LogP contribution in [0.25, 0.3) is 10.8 Å². The largest absolute Gasteiger partial charge is 0.366 e. The van der Waals surface area contributed by atoms with Crippen LogP contribution in [0.5, 0.6) is 0 Å². The van der Waals surface area contributed by atoms with Crippen molar-refractivity contribution in [2.24, 2.45) is 5.73 Å². The Morgan fingerprint density at radius 3 is 2.75 bits per heavy atom. The molecule has 4 heteroatoms. The Morgan fingerprint density at radius 2 is 1.90 bits per heavy atom. The van der Waals surface area contributed by atoms with Gasteiger partial charge < -0.3 is 11.1 Å². The van der Waals surface area contributed by atoms with Crippen LogP contribution in [-0.2, 0) is 0 Å². The number of carbonyl (C=O) groups is 1. The molecule has 0 fully saturated rings. The number of pyridine rings is 1. The fourth-order valence-electron chi connectivity index (χ4n) is 2.12. The minimum absolute atomic E-state index is 0.440. The third-order valence-electron chi connectivity index (χ3n) is 3.09. The van der Waals surface area contributed by atoms with E-state index in [1.165, 1.54) is 0 Å². The number of rotatable bonds is 3. The van der Waals surface area contributed by atoms with Crippen LogP contribution in [0.3, 0.4) is 0 Å². The van der Waals surface area contributed by atoms with Crippen molar-refractivity contribution in [1.82, 2.24) is 4.98 Å². The smallest absolute Gasteiger partial charge is 0.248 e. The molecular weight excluding hydrogens is 250 g/mol. The highest BCUT2D eigenvalue weighted by atomic mass is 16.1. The third kappa shape index (κ3) is 2.31. The first-order valence-electron chi connectivity index (χ1n) is 6.24. The molecule has 3 rings (SSSR count). The fourth-order valence-corrected chi connectivity index (χ4v) is 2.12. The molecule has 0 spiro atoms. The van der Waals surface area contributed by atoms with E-state index in [4.69, 9.17) is 5.73 Å². The molecule has 0 bridgehead atoms. The normalized spacial score (nSPS) is 10.4. The molecule has 0 saturated carbocycles. The second-order valence-electron chi connectivity index (χ2n) is 4.48. The zero-order chi connectivity index (χ0) is 13.9. The van der Waals surface area contributed by atoms with Crippen molar-refractivity contribution >= 4 is 28.1 Å². The summed E-state index contributed by atoms with van der Waals surface area (Å²) in [5, 5.41) is 5.41. The Hall–Kier alpha value is -2.88. The van der Waals surface area contributed by atoms with Crippen LogP contribution in [0, 0.1) is 0 Å². The van der Waals surface area contributed by atoms with Crippen LogP contribution in [0.2, 0.25) is 0 Å². The standard InChI is InChI=1S/C16H13N3O/c17-16(20)11-5-3-6-13(8-11)19-15-10-18-9-12-4-1-2-7-14(12)15/h1-10,19H,(H2,17,20). The minimum Gasteiger partial charge on any atom is -0.366 e. The lowest BCUT2D eigenvalue weighted by Gasteiger charge is -2.09. The van der Waals surface area contributed by atoms with Gasteiger partial charge >= 0.3 is 0 Å². The number of anilines is 2. The molecule has 0 radical (unpaired) electrons. The lowest BCUT2D eigenvalue weighted by atomic mass is 10.1. The quantitative estimate of drug-likeness (QED) is 0.763. The molecule has 0 aliphatic rings. The summed E-state index contributed by atoms with van der Waals surface area (Å²) >= 11 is 0. The monoisotopic (exact) mass is 263 g/mol. The molecular formula is C16H13N3O. The van der Waals surface area contributed by atoms with Crippen molar-refractivity contribution in [3.05, 3.63) is 66.5 Å². The summed E-state index contributed by atoms with van der Waals surface area (Å²) < 4.78 is 0. The molecule has 3 aromatic rings. The molecule has 4 nitrogen and oxygen atoms in total. The van der Waals surface area contributed by atoms with Crippen LogP contribution < -0.4 is 11.1 Å². The summed E-state index contributed by atoms with van der Waals surface area (Å²) in [7, 11) is 0. The maximum Gasteiger partial charge on any atom is 0.248 e. The van der Waals surface area contributed by atoms with Crippen molar-refractivity contribution in [3.8, 4) is 0 Å². The van der Waals surface area contributed by atoms with E-state index in [1.54, 1.807) is 24.4 Å². The Labute approximate surface area is 116 Å². The number of nitrogens with one attached hydrogen (secondary N) is 1. The number of nitrogens with two attached hydrogens (primary N) is 1. The molecule has 2 aromatic carbocycles. The van der Waals surface area contributed by atoms with Crippen LogP contribution >= 0.6 is 0 Å². The molecule has 20 heavy (non-hydrogen) atoms. The fraction of sp³-hybridized carbons (Fsp3) is 0. The number of hydrogen-bond acceptors (Lipinski definition) is 3. The number of amides is 1. The van der Waals surface area contributed by atoms with E-state index in [-0.39, 0.29) is 0 Å². The maximum absolute atomic E-state index is 11.2. The van der Waals surface area contributed by atoms with Gasteiger partial charge in [-0.15, -0.1) is 0 Å². The highest BCUT2D eigenvalue weighted by molar-refractivity contribution is 5.96. The van der Waals surface area contributed by atoms with E-state index in [0.29, 0.717) is 5.56 Å². The van der Waals surface area contributed by atoms with Crippen LogP contribution in [0.1, 0.15) is 10.4 Å². The average molecular weight is 263 g/mol. The van der Waals surface area contributed by atoms with Gasteiger partial charge in [0.15, 0.2) is 0 Å². The average Bonchev–Trinajstić information content (AvgIpc) is 2.48. The van der Waals surface area contributed by atoms with E-state index >= 15 is 0 Å². The van der Waals surface area contributed by atoms with Gasteiger partial charge in [0.2, 0.25) is 5.91 Å². The molecule has 0 atom stereocenters. The molecule has 1 heterocycles. The Morgan fingerprint density at radius 1 is 1.05 bits per heavy atom. The van der Waals surface area contributed by atoms with E-state index in [9.17, 15) is 4.79 Å². The first-order chi connectivity index (χ1) is 9.74. The summed E-state index contributed by atoms with van der Waals surface area (Å²) in [5.74, 6) is -0.440. The summed E-state index contributed by atoms with van der Waals surface area (Å²) in [6, 6.07) is 15.1. The number of benzene rings is 2. The van der Waals surface area contributed by atoms with Crippen molar-refractivity contribution in [2.75, 3.05) is 5.32 Å². The summed E-state index contributed by atoms with van der Waals surface area (Å²) in [4.78, 5) is 15.4. The summed E-state index contributed by atoms with van der Waals surface area (Å²) in [6.07, 6.45) is 3.58. The molecule has 3 N–H and O–H groups in total. The number of aromatic nitrogens is 1. The molecule has 0 aliphatic heterocycles. The Bertz CT molecular complexity index is 778. The van der Waals surface area contributed by atoms with E-state index < -0.39 is 5.91 Å². The predicted octanol–water partition coefficient (Wildman–Crippen LogP) is 3.08. The number of fused-ring (bicyclic) bond motifs is 1.